The highest BCUT2D eigenvalue weighted by Gasteiger charge is 2.40. The highest BCUT2D eigenvalue weighted by Crippen LogP contribution is 2.37. The van der Waals surface area contributed by atoms with E-state index in [4.69, 9.17) is 5.73 Å². The lowest BCUT2D eigenvalue weighted by atomic mass is 9.68. The number of nitrogens with one attached hydrogen (secondary N) is 1. The van der Waals surface area contributed by atoms with Crippen LogP contribution in [0.15, 0.2) is 12.2 Å². The third-order valence-electron chi connectivity index (χ3n) is 4.29. The van der Waals surface area contributed by atoms with Crippen molar-refractivity contribution in [3.05, 3.63) is 12.2 Å². The Kier molecular flexibility index (Phi) is 6.21. The van der Waals surface area contributed by atoms with E-state index >= 15 is 0 Å². The van der Waals surface area contributed by atoms with Crippen LogP contribution in [0.4, 0.5) is 0 Å². The zero-order chi connectivity index (χ0) is 12.7. The molecule has 1 fully saturated rings. The van der Waals surface area contributed by atoms with Crippen LogP contribution >= 0.6 is 0 Å². The van der Waals surface area contributed by atoms with E-state index in [0.29, 0.717) is 0 Å². The Bertz CT molecular complexity index is 235. The third kappa shape index (κ3) is 3.82. The first-order chi connectivity index (χ1) is 8.16. The summed E-state index contributed by atoms with van der Waals surface area (Å²) in [6, 6.07) is 0. The molecular weight excluding hydrogens is 208 g/mol. The van der Waals surface area contributed by atoms with Crippen molar-refractivity contribution >= 4 is 0 Å². The van der Waals surface area contributed by atoms with Gasteiger partial charge in [-0.3, -0.25) is 0 Å². The Balaban J connectivity index is 2.61. The predicted molar refractivity (Wildman–Crippen MR) is 76.0 cm³/mol. The van der Waals surface area contributed by atoms with Gasteiger partial charge in [-0.15, -0.1) is 0 Å². The smallest absolute Gasteiger partial charge is 0.0334 e. The fourth-order valence-corrected chi connectivity index (χ4v) is 3.35. The number of hydrogen-bond donors (Lipinski definition) is 2. The van der Waals surface area contributed by atoms with Crippen LogP contribution in [-0.4, -0.2) is 18.6 Å². The molecule has 0 aromatic carbocycles. The summed E-state index contributed by atoms with van der Waals surface area (Å²) >= 11 is 0. The normalized spacial score (nSPS) is 30.3. The van der Waals surface area contributed by atoms with Crippen LogP contribution in [0, 0.1) is 11.8 Å². The quantitative estimate of drug-likeness (QED) is 0.551. The van der Waals surface area contributed by atoms with Crippen LogP contribution in [0.1, 0.15) is 52.9 Å². The summed E-state index contributed by atoms with van der Waals surface area (Å²) < 4.78 is 0. The van der Waals surface area contributed by atoms with Crippen molar-refractivity contribution in [3.63, 3.8) is 0 Å². The second-order valence-electron chi connectivity index (χ2n) is 5.74. The average Bonchev–Trinajstić information content (AvgIpc) is 2.35. The van der Waals surface area contributed by atoms with Crippen LogP contribution in [0.5, 0.6) is 0 Å². The van der Waals surface area contributed by atoms with Gasteiger partial charge in [-0.1, -0.05) is 38.8 Å². The summed E-state index contributed by atoms with van der Waals surface area (Å²) in [4.78, 5) is 0. The van der Waals surface area contributed by atoms with Crippen molar-refractivity contribution in [2.75, 3.05) is 13.1 Å². The van der Waals surface area contributed by atoms with Gasteiger partial charge in [0.2, 0.25) is 0 Å². The lowest BCUT2D eigenvalue weighted by Crippen LogP contribution is -2.59. The van der Waals surface area contributed by atoms with Crippen LogP contribution in [0.2, 0.25) is 0 Å². The predicted octanol–water partition coefficient (Wildman–Crippen LogP) is 3.09. The van der Waals surface area contributed by atoms with Gasteiger partial charge < -0.3 is 11.1 Å². The van der Waals surface area contributed by atoms with Crippen LogP contribution in [0.25, 0.3) is 0 Å². The van der Waals surface area contributed by atoms with E-state index in [1.54, 1.807) is 0 Å². The molecule has 2 atom stereocenters. The highest BCUT2D eigenvalue weighted by atomic mass is 15.0. The maximum atomic E-state index is 6.10. The van der Waals surface area contributed by atoms with Gasteiger partial charge in [0.05, 0.1) is 0 Å². The Hall–Kier alpha value is -0.340. The summed E-state index contributed by atoms with van der Waals surface area (Å²) in [6.45, 7) is 8.61. The molecule has 0 aromatic heterocycles. The Morgan fingerprint density at radius 1 is 1.41 bits per heavy atom. The molecule has 3 N–H and O–H groups in total. The van der Waals surface area contributed by atoms with Gasteiger partial charge in [0.15, 0.2) is 0 Å². The molecule has 0 aromatic rings. The molecule has 0 heterocycles. The Labute approximate surface area is 107 Å². The summed E-state index contributed by atoms with van der Waals surface area (Å²) in [5.74, 6) is 1.47. The highest BCUT2D eigenvalue weighted by molar-refractivity contribution is 4.99. The van der Waals surface area contributed by atoms with E-state index in [0.717, 1.165) is 31.3 Å². The number of nitrogens with two attached hydrogens (primary N) is 1. The summed E-state index contributed by atoms with van der Waals surface area (Å²) in [6.07, 6.45) is 10.8. The SMILES string of the molecule is C/C=C/CCNC1(CN)CCCCC1C(C)C. The molecule has 2 nitrogen and oxygen atoms in total. The Morgan fingerprint density at radius 2 is 2.18 bits per heavy atom. The monoisotopic (exact) mass is 238 g/mol. The summed E-state index contributed by atoms with van der Waals surface area (Å²) in [5.41, 5.74) is 6.30. The third-order valence-corrected chi connectivity index (χ3v) is 4.29. The standard InChI is InChI=1S/C15H30N2/c1-4-5-8-11-17-15(12-16)10-7-6-9-14(15)13(2)3/h4-5,13-14,17H,6-12,16H2,1-3H3/b5-4+. The van der Waals surface area contributed by atoms with Crippen LogP contribution in [-0.2, 0) is 0 Å². The van der Waals surface area contributed by atoms with Crippen LogP contribution < -0.4 is 11.1 Å². The second kappa shape index (κ2) is 7.17. The lowest BCUT2D eigenvalue weighted by Gasteiger charge is -2.46. The minimum atomic E-state index is 0.202. The van der Waals surface area contributed by atoms with Crippen molar-refractivity contribution in [2.45, 2.75) is 58.4 Å². The Morgan fingerprint density at radius 3 is 2.76 bits per heavy atom. The first-order valence-corrected chi connectivity index (χ1v) is 7.22. The van der Waals surface area contributed by atoms with Gasteiger partial charge in [-0.05, 0) is 44.6 Å². The summed E-state index contributed by atoms with van der Waals surface area (Å²) in [5, 5.41) is 3.77. The molecule has 0 bridgehead atoms. The molecule has 100 valence electrons. The molecule has 0 aliphatic heterocycles. The molecule has 2 heteroatoms. The first kappa shape index (κ1) is 14.7. The second-order valence-corrected chi connectivity index (χ2v) is 5.74. The van der Waals surface area contributed by atoms with Crippen LogP contribution in [0.3, 0.4) is 0 Å². The van der Waals surface area contributed by atoms with Gasteiger partial charge in [0.1, 0.15) is 0 Å². The van der Waals surface area contributed by atoms with E-state index in [2.05, 4.69) is 38.2 Å². The van der Waals surface area contributed by atoms with Gasteiger partial charge in [0, 0.05) is 12.1 Å². The maximum Gasteiger partial charge on any atom is 0.0334 e. The first-order valence-electron chi connectivity index (χ1n) is 7.22. The fraction of sp³-hybridized carbons (Fsp3) is 0.867. The molecule has 2 unspecified atom stereocenters. The van der Waals surface area contributed by atoms with Gasteiger partial charge in [0.25, 0.3) is 0 Å². The molecule has 1 aliphatic carbocycles. The van der Waals surface area contributed by atoms with Crippen molar-refractivity contribution < 1.29 is 0 Å². The van der Waals surface area contributed by atoms with Gasteiger partial charge in [-0.2, -0.15) is 0 Å². The van der Waals surface area contributed by atoms with Crippen molar-refractivity contribution in [3.8, 4) is 0 Å². The number of allylic oxidation sites excluding steroid dienone is 1. The maximum absolute atomic E-state index is 6.10. The molecule has 0 radical (unpaired) electrons. The molecule has 17 heavy (non-hydrogen) atoms. The number of rotatable bonds is 6. The molecule has 1 rings (SSSR count). The number of hydrogen-bond acceptors (Lipinski definition) is 2. The molecule has 1 aliphatic rings. The molecule has 0 spiro atoms. The lowest BCUT2D eigenvalue weighted by molar-refractivity contribution is 0.109. The van der Waals surface area contributed by atoms with E-state index in [1.165, 1.54) is 25.7 Å². The topological polar surface area (TPSA) is 38.0 Å². The van der Waals surface area contributed by atoms with Crippen molar-refractivity contribution in [1.82, 2.24) is 5.32 Å². The molecule has 1 saturated carbocycles. The molecular formula is C15H30N2. The van der Waals surface area contributed by atoms with E-state index in [1.807, 2.05) is 0 Å². The zero-order valence-corrected chi connectivity index (χ0v) is 11.8. The molecule has 0 saturated heterocycles. The van der Waals surface area contributed by atoms with E-state index in [-0.39, 0.29) is 5.54 Å². The minimum absolute atomic E-state index is 0.202. The van der Waals surface area contributed by atoms with Crippen molar-refractivity contribution in [2.24, 2.45) is 17.6 Å². The largest absolute Gasteiger partial charge is 0.329 e. The van der Waals surface area contributed by atoms with Gasteiger partial charge >= 0.3 is 0 Å². The van der Waals surface area contributed by atoms with E-state index in [9.17, 15) is 0 Å². The zero-order valence-electron chi connectivity index (χ0n) is 11.8. The fourth-order valence-electron chi connectivity index (χ4n) is 3.35. The summed E-state index contributed by atoms with van der Waals surface area (Å²) in [7, 11) is 0. The average molecular weight is 238 g/mol. The van der Waals surface area contributed by atoms with E-state index < -0.39 is 0 Å². The van der Waals surface area contributed by atoms with Crippen molar-refractivity contribution in [1.29, 1.82) is 0 Å². The molecule has 0 amide bonds. The minimum Gasteiger partial charge on any atom is -0.329 e. The van der Waals surface area contributed by atoms with Gasteiger partial charge in [-0.25, -0.2) is 0 Å².